The Bertz CT molecular complexity index is 346. The number of aryl methyl sites for hydroxylation is 1. The largest absolute Gasteiger partial charge is 0.346 e. The summed E-state index contributed by atoms with van der Waals surface area (Å²) in [4.78, 5) is 11.2. The van der Waals surface area contributed by atoms with Gasteiger partial charge in [-0.1, -0.05) is 0 Å². The molecule has 1 aliphatic rings. The number of rotatable bonds is 1. The average molecular weight is 194 g/mol. The fourth-order valence-electron chi connectivity index (χ4n) is 1.80. The minimum absolute atomic E-state index is 0.0110. The van der Waals surface area contributed by atoms with Crippen molar-refractivity contribution in [3.63, 3.8) is 0 Å². The highest BCUT2D eigenvalue weighted by Crippen LogP contribution is 2.21. The highest BCUT2D eigenvalue weighted by molar-refractivity contribution is 5.77. The van der Waals surface area contributed by atoms with Crippen LogP contribution in [-0.4, -0.2) is 21.7 Å². The van der Waals surface area contributed by atoms with Crippen molar-refractivity contribution in [3.05, 3.63) is 18.0 Å². The standard InChI is InChI=1S/C9H14N4O/c1-13-7(4-5-11-13)9-6(10)2-3-8(14)12-9/h4-6,9H,2-3,10H2,1H3,(H,12,14)/t6-,9-/m1/s1. The van der Waals surface area contributed by atoms with Gasteiger partial charge in [-0.25, -0.2) is 0 Å². The summed E-state index contributed by atoms with van der Waals surface area (Å²) >= 11 is 0. The lowest BCUT2D eigenvalue weighted by atomic mass is 9.96. The molecule has 76 valence electrons. The summed E-state index contributed by atoms with van der Waals surface area (Å²) in [6, 6.07) is 1.78. The van der Waals surface area contributed by atoms with E-state index < -0.39 is 0 Å². The maximum Gasteiger partial charge on any atom is 0.220 e. The Morgan fingerprint density at radius 3 is 3.14 bits per heavy atom. The van der Waals surface area contributed by atoms with Crippen molar-refractivity contribution < 1.29 is 4.79 Å². The zero-order valence-corrected chi connectivity index (χ0v) is 8.10. The third kappa shape index (κ3) is 1.50. The highest BCUT2D eigenvalue weighted by Gasteiger charge is 2.28. The summed E-state index contributed by atoms with van der Waals surface area (Å²) in [5.41, 5.74) is 6.91. The van der Waals surface area contributed by atoms with Crippen LogP contribution in [0.5, 0.6) is 0 Å². The van der Waals surface area contributed by atoms with Crippen LogP contribution in [-0.2, 0) is 11.8 Å². The first-order valence-corrected chi connectivity index (χ1v) is 4.71. The number of aromatic nitrogens is 2. The van der Waals surface area contributed by atoms with Gasteiger partial charge in [-0.2, -0.15) is 5.10 Å². The second kappa shape index (κ2) is 3.42. The van der Waals surface area contributed by atoms with Gasteiger partial charge in [0.1, 0.15) is 0 Å². The smallest absolute Gasteiger partial charge is 0.220 e. The van der Waals surface area contributed by atoms with Gasteiger partial charge in [-0.15, -0.1) is 0 Å². The van der Waals surface area contributed by atoms with Crippen molar-refractivity contribution in [3.8, 4) is 0 Å². The fraction of sp³-hybridized carbons (Fsp3) is 0.556. The normalized spacial score (nSPS) is 27.4. The molecule has 0 unspecified atom stereocenters. The maximum atomic E-state index is 11.2. The molecule has 2 atom stereocenters. The molecule has 2 heterocycles. The van der Waals surface area contributed by atoms with Crippen LogP contribution in [0.15, 0.2) is 12.3 Å². The minimum Gasteiger partial charge on any atom is -0.346 e. The quantitative estimate of drug-likeness (QED) is 0.644. The van der Waals surface area contributed by atoms with Crippen molar-refractivity contribution in [1.29, 1.82) is 0 Å². The number of amides is 1. The van der Waals surface area contributed by atoms with Crippen LogP contribution in [0.3, 0.4) is 0 Å². The van der Waals surface area contributed by atoms with Crippen LogP contribution in [0, 0.1) is 0 Å². The van der Waals surface area contributed by atoms with Crippen LogP contribution in [0.4, 0.5) is 0 Å². The van der Waals surface area contributed by atoms with Crippen LogP contribution < -0.4 is 11.1 Å². The molecule has 14 heavy (non-hydrogen) atoms. The van der Waals surface area contributed by atoms with E-state index in [1.165, 1.54) is 0 Å². The molecule has 3 N–H and O–H groups in total. The van der Waals surface area contributed by atoms with Crippen LogP contribution >= 0.6 is 0 Å². The van der Waals surface area contributed by atoms with Crippen molar-refractivity contribution in [2.45, 2.75) is 24.9 Å². The Hall–Kier alpha value is -1.36. The molecule has 0 radical (unpaired) electrons. The van der Waals surface area contributed by atoms with Crippen LogP contribution in [0.2, 0.25) is 0 Å². The Kier molecular flexibility index (Phi) is 2.25. The van der Waals surface area contributed by atoms with Gasteiger partial charge in [0, 0.05) is 25.7 Å². The van der Waals surface area contributed by atoms with Crippen molar-refractivity contribution >= 4 is 5.91 Å². The maximum absolute atomic E-state index is 11.2. The first-order valence-electron chi connectivity index (χ1n) is 4.71. The van der Waals surface area contributed by atoms with Crippen molar-refractivity contribution in [2.75, 3.05) is 0 Å². The number of nitrogens with zero attached hydrogens (tertiary/aromatic N) is 2. The molecule has 0 aromatic carbocycles. The van der Waals surface area contributed by atoms with Gasteiger partial charge in [0.15, 0.2) is 0 Å². The Morgan fingerprint density at radius 1 is 1.71 bits per heavy atom. The van der Waals surface area contributed by atoms with Gasteiger partial charge in [0.2, 0.25) is 5.91 Å². The molecule has 5 heteroatoms. The molecule has 0 bridgehead atoms. The van der Waals surface area contributed by atoms with Gasteiger partial charge < -0.3 is 11.1 Å². The van der Waals surface area contributed by atoms with E-state index in [-0.39, 0.29) is 18.0 Å². The number of carbonyl (C=O) groups excluding carboxylic acids is 1. The molecule has 0 saturated carbocycles. The lowest BCUT2D eigenvalue weighted by Crippen LogP contribution is -2.46. The summed E-state index contributed by atoms with van der Waals surface area (Å²) in [6.45, 7) is 0. The van der Waals surface area contributed by atoms with Gasteiger partial charge in [-0.3, -0.25) is 9.48 Å². The van der Waals surface area contributed by atoms with E-state index in [9.17, 15) is 4.79 Å². The van der Waals surface area contributed by atoms with E-state index in [2.05, 4.69) is 10.4 Å². The molecule has 5 nitrogen and oxygen atoms in total. The first-order chi connectivity index (χ1) is 6.68. The predicted molar refractivity (Wildman–Crippen MR) is 51.3 cm³/mol. The monoisotopic (exact) mass is 194 g/mol. The zero-order chi connectivity index (χ0) is 10.1. The second-order valence-corrected chi connectivity index (χ2v) is 3.63. The van der Waals surface area contributed by atoms with Crippen LogP contribution in [0.1, 0.15) is 24.6 Å². The molecular weight excluding hydrogens is 180 g/mol. The molecule has 1 aromatic rings. The Morgan fingerprint density at radius 2 is 2.50 bits per heavy atom. The summed E-state index contributed by atoms with van der Waals surface area (Å²) < 4.78 is 1.75. The minimum atomic E-state index is -0.0938. The number of hydrogen-bond donors (Lipinski definition) is 2. The van der Waals surface area contributed by atoms with Gasteiger partial charge in [0.05, 0.1) is 11.7 Å². The summed E-state index contributed by atoms with van der Waals surface area (Å²) in [5, 5.41) is 6.95. The molecule has 2 rings (SSSR count). The lowest BCUT2D eigenvalue weighted by Gasteiger charge is -2.29. The number of nitrogens with two attached hydrogens (primary N) is 1. The third-order valence-electron chi connectivity index (χ3n) is 2.63. The van der Waals surface area contributed by atoms with Gasteiger partial charge >= 0.3 is 0 Å². The molecule has 1 amide bonds. The van der Waals surface area contributed by atoms with Crippen LogP contribution in [0.25, 0.3) is 0 Å². The van der Waals surface area contributed by atoms with Gasteiger partial charge in [0.25, 0.3) is 0 Å². The molecule has 1 saturated heterocycles. The Labute approximate surface area is 82.3 Å². The zero-order valence-electron chi connectivity index (χ0n) is 8.10. The van der Waals surface area contributed by atoms with Crippen molar-refractivity contribution in [2.24, 2.45) is 12.8 Å². The molecule has 0 spiro atoms. The van der Waals surface area contributed by atoms with Gasteiger partial charge in [-0.05, 0) is 12.5 Å². The summed E-state index contributed by atoms with van der Waals surface area (Å²) in [7, 11) is 1.85. The number of piperidine rings is 1. The summed E-state index contributed by atoms with van der Waals surface area (Å²) in [6.07, 6.45) is 2.97. The highest BCUT2D eigenvalue weighted by atomic mass is 16.1. The SMILES string of the molecule is Cn1nccc1[C@@H]1NC(=O)CC[C@H]1N. The number of hydrogen-bond acceptors (Lipinski definition) is 3. The number of nitrogens with one attached hydrogen (secondary N) is 1. The predicted octanol–water partition coefficient (Wildman–Crippen LogP) is -0.302. The number of carbonyl (C=O) groups is 1. The van der Waals surface area contributed by atoms with E-state index in [0.29, 0.717) is 6.42 Å². The molecule has 1 aromatic heterocycles. The fourth-order valence-corrected chi connectivity index (χ4v) is 1.80. The van der Waals surface area contributed by atoms with E-state index >= 15 is 0 Å². The Balaban J connectivity index is 2.24. The lowest BCUT2D eigenvalue weighted by molar-refractivity contribution is -0.123. The summed E-state index contributed by atoms with van der Waals surface area (Å²) in [5.74, 6) is 0.0675. The second-order valence-electron chi connectivity index (χ2n) is 3.63. The average Bonchev–Trinajstić information content (AvgIpc) is 2.56. The molecular formula is C9H14N4O. The van der Waals surface area contributed by atoms with E-state index in [1.54, 1.807) is 10.9 Å². The third-order valence-corrected chi connectivity index (χ3v) is 2.63. The van der Waals surface area contributed by atoms with Crippen molar-refractivity contribution in [1.82, 2.24) is 15.1 Å². The molecule has 1 aliphatic heterocycles. The topological polar surface area (TPSA) is 72.9 Å². The van der Waals surface area contributed by atoms with E-state index in [1.807, 2.05) is 13.1 Å². The molecule has 1 fully saturated rings. The van der Waals surface area contributed by atoms with E-state index in [4.69, 9.17) is 5.73 Å². The van der Waals surface area contributed by atoms with E-state index in [0.717, 1.165) is 12.1 Å². The molecule has 0 aliphatic carbocycles. The first kappa shape index (κ1) is 9.21.